The molecule has 1 aliphatic rings. The van der Waals surface area contributed by atoms with Crippen molar-refractivity contribution in [1.82, 2.24) is 4.90 Å². The SMILES string of the molecule is CC1CCC(Nc2cc(N)ccc2C(=O)N(C)C)C1C. The molecule has 0 aromatic heterocycles. The van der Waals surface area contributed by atoms with Gasteiger partial charge in [0.05, 0.1) is 5.56 Å². The second-order valence-electron chi connectivity index (χ2n) is 6.17. The van der Waals surface area contributed by atoms with Gasteiger partial charge in [-0.25, -0.2) is 0 Å². The molecular formula is C16H25N3O. The van der Waals surface area contributed by atoms with Crippen LogP contribution in [0.2, 0.25) is 0 Å². The van der Waals surface area contributed by atoms with Gasteiger partial charge in [-0.3, -0.25) is 4.79 Å². The summed E-state index contributed by atoms with van der Waals surface area (Å²) in [6.07, 6.45) is 2.38. The quantitative estimate of drug-likeness (QED) is 0.834. The molecule has 1 fully saturated rings. The van der Waals surface area contributed by atoms with Crippen LogP contribution in [-0.4, -0.2) is 30.9 Å². The van der Waals surface area contributed by atoms with Crippen molar-refractivity contribution in [2.45, 2.75) is 32.7 Å². The minimum absolute atomic E-state index is 0.00574. The third kappa shape index (κ3) is 2.89. The Hall–Kier alpha value is -1.71. The lowest BCUT2D eigenvalue weighted by atomic mass is 9.97. The van der Waals surface area contributed by atoms with Gasteiger partial charge < -0.3 is 16.0 Å². The number of nitrogens with one attached hydrogen (secondary N) is 1. The molecule has 1 saturated carbocycles. The second-order valence-corrected chi connectivity index (χ2v) is 6.17. The molecule has 0 heterocycles. The van der Waals surface area contributed by atoms with Crippen LogP contribution >= 0.6 is 0 Å². The Bertz CT molecular complexity index is 498. The Morgan fingerprint density at radius 1 is 1.30 bits per heavy atom. The zero-order chi connectivity index (χ0) is 14.9. The van der Waals surface area contributed by atoms with Crippen LogP contribution in [0.3, 0.4) is 0 Å². The highest BCUT2D eigenvalue weighted by atomic mass is 16.2. The molecule has 1 aromatic rings. The average molecular weight is 275 g/mol. The summed E-state index contributed by atoms with van der Waals surface area (Å²) >= 11 is 0. The maximum Gasteiger partial charge on any atom is 0.255 e. The molecule has 2 rings (SSSR count). The van der Waals surface area contributed by atoms with E-state index in [-0.39, 0.29) is 5.91 Å². The van der Waals surface area contributed by atoms with Crippen LogP contribution in [0.1, 0.15) is 37.0 Å². The van der Waals surface area contributed by atoms with Gasteiger partial charge >= 0.3 is 0 Å². The summed E-state index contributed by atoms with van der Waals surface area (Å²) in [6.45, 7) is 4.56. The van der Waals surface area contributed by atoms with Gasteiger partial charge in [0.2, 0.25) is 0 Å². The zero-order valence-electron chi connectivity index (χ0n) is 12.8. The lowest BCUT2D eigenvalue weighted by Crippen LogP contribution is -2.27. The molecule has 3 N–H and O–H groups in total. The van der Waals surface area contributed by atoms with Crippen LogP contribution < -0.4 is 11.1 Å². The number of hydrogen-bond donors (Lipinski definition) is 2. The van der Waals surface area contributed by atoms with Crippen LogP contribution in [0.5, 0.6) is 0 Å². The molecule has 0 saturated heterocycles. The summed E-state index contributed by atoms with van der Waals surface area (Å²) in [7, 11) is 3.53. The van der Waals surface area contributed by atoms with Gasteiger partial charge in [0.15, 0.2) is 0 Å². The molecule has 3 atom stereocenters. The normalized spacial score (nSPS) is 25.5. The fraction of sp³-hybridized carbons (Fsp3) is 0.562. The summed E-state index contributed by atoms with van der Waals surface area (Å²) in [5, 5.41) is 3.54. The Balaban J connectivity index is 2.26. The number of carbonyl (C=O) groups is 1. The minimum Gasteiger partial charge on any atom is -0.399 e. The molecule has 0 aliphatic heterocycles. The highest BCUT2D eigenvalue weighted by Gasteiger charge is 2.30. The Labute approximate surface area is 121 Å². The predicted molar refractivity (Wildman–Crippen MR) is 83.8 cm³/mol. The van der Waals surface area contributed by atoms with E-state index in [0.29, 0.717) is 23.2 Å². The second kappa shape index (κ2) is 5.73. The molecule has 0 spiro atoms. The Morgan fingerprint density at radius 3 is 2.55 bits per heavy atom. The van der Waals surface area contributed by atoms with Gasteiger partial charge in [-0.05, 0) is 42.9 Å². The largest absolute Gasteiger partial charge is 0.399 e. The lowest BCUT2D eigenvalue weighted by Gasteiger charge is -2.23. The first kappa shape index (κ1) is 14.7. The maximum atomic E-state index is 12.2. The van der Waals surface area contributed by atoms with Crippen molar-refractivity contribution in [3.63, 3.8) is 0 Å². The van der Waals surface area contributed by atoms with Crippen molar-refractivity contribution in [2.75, 3.05) is 25.1 Å². The molecule has 1 aliphatic carbocycles. The number of nitrogen functional groups attached to an aromatic ring is 1. The first-order valence-electron chi connectivity index (χ1n) is 7.28. The Kier molecular flexibility index (Phi) is 4.21. The van der Waals surface area contributed by atoms with E-state index < -0.39 is 0 Å². The van der Waals surface area contributed by atoms with Crippen molar-refractivity contribution in [3.8, 4) is 0 Å². The molecule has 20 heavy (non-hydrogen) atoms. The van der Waals surface area contributed by atoms with Crippen LogP contribution in [0.15, 0.2) is 18.2 Å². The van der Waals surface area contributed by atoms with Crippen molar-refractivity contribution < 1.29 is 4.79 Å². The summed E-state index contributed by atoms with van der Waals surface area (Å²) in [6, 6.07) is 5.87. The monoisotopic (exact) mass is 275 g/mol. The molecule has 4 heteroatoms. The zero-order valence-corrected chi connectivity index (χ0v) is 12.8. The van der Waals surface area contributed by atoms with Crippen molar-refractivity contribution >= 4 is 17.3 Å². The number of amides is 1. The van der Waals surface area contributed by atoms with E-state index in [4.69, 9.17) is 5.73 Å². The van der Waals surface area contributed by atoms with E-state index >= 15 is 0 Å². The number of nitrogens with two attached hydrogens (primary N) is 1. The number of nitrogens with zero attached hydrogens (tertiary/aromatic N) is 1. The van der Waals surface area contributed by atoms with Crippen molar-refractivity contribution in [3.05, 3.63) is 23.8 Å². The van der Waals surface area contributed by atoms with Crippen molar-refractivity contribution in [1.29, 1.82) is 0 Å². The summed E-state index contributed by atoms with van der Waals surface area (Å²) in [4.78, 5) is 13.8. The molecule has 110 valence electrons. The standard InChI is InChI=1S/C16H25N3O/c1-10-5-8-14(11(10)2)18-15-9-12(17)6-7-13(15)16(20)19(3)4/h6-7,9-11,14,18H,5,8,17H2,1-4H3. The fourth-order valence-corrected chi connectivity index (χ4v) is 2.88. The van der Waals surface area contributed by atoms with Crippen LogP contribution in [-0.2, 0) is 0 Å². The first-order valence-corrected chi connectivity index (χ1v) is 7.28. The van der Waals surface area contributed by atoms with E-state index in [9.17, 15) is 4.79 Å². The number of anilines is 2. The summed E-state index contributed by atoms with van der Waals surface area (Å²) in [5.74, 6) is 1.34. The molecule has 4 nitrogen and oxygen atoms in total. The van der Waals surface area contributed by atoms with Crippen LogP contribution in [0, 0.1) is 11.8 Å². The third-order valence-electron chi connectivity index (χ3n) is 4.49. The molecule has 0 bridgehead atoms. The van der Waals surface area contributed by atoms with E-state index in [0.717, 1.165) is 18.0 Å². The summed E-state index contributed by atoms with van der Waals surface area (Å²) < 4.78 is 0. The number of hydrogen-bond acceptors (Lipinski definition) is 3. The van der Waals surface area contributed by atoms with Gasteiger partial charge in [0, 0.05) is 31.5 Å². The lowest BCUT2D eigenvalue weighted by molar-refractivity contribution is 0.0828. The molecule has 3 unspecified atom stereocenters. The topological polar surface area (TPSA) is 58.4 Å². The average Bonchev–Trinajstić information content (AvgIpc) is 2.70. The van der Waals surface area contributed by atoms with E-state index in [1.54, 1.807) is 25.1 Å². The van der Waals surface area contributed by atoms with Crippen molar-refractivity contribution in [2.24, 2.45) is 11.8 Å². The predicted octanol–water partition coefficient (Wildman–Crippen LogP) is 2.82. The number of rotatable bonds is 3. The molecule has 0 radical (unpaired) electrons. The molecule has 1 amide bonds. The van der Waals surface area contributed by atoms with Gasteiger partial charge in [0.25, 0.3) is 5.91 Å². The molecule has 1 aromatic carbocycles. The van der Waals surface area contributed by atoms with Crippen LogP contribution in [0.25, 0.3) is 0 Å². The maximum absolute atomic E-state index is 12.2. The van der Waals surface area contributed by atoms with Gasteiger partial charge in [-0.1, -0.05) is 13.8 Å². The number of carbonyl (C=O) groups excluding carboxylic acids is 1. The highest BCUT2D eigenvalue weighted by molar-refractivity contribution is 6.00. The fourth-order valence-electron chi connectivity index (χ4n) is 2.88. The van der Waals surface area contributed by atoms with E-state index in [1.165, 1.54) is 6.42 Å². The molecular weight excluding hydrogens is 250 g/mol. The highest BCUT2D eigenvalue weighted by Crippen LogP contribution is 2.34. The summed E-state index contributed by atoms with van der Waals surface area (Å²) in [5.41, 5.74) is 8.10. The smallest absolute Gasteiger partial charge is 0.255 e. The van der Waals surface area contributed by atoms with Gasteiger partial charge in [-0.15, -0.1) is 0 Å². The number of benzene rings is 1. The minimum atomic E-state index is 0.00574. The third-order valence-corrected chi connectivity index (χ3v) is 4.49. The van der Waals surface area contributed by atoms with Crippen LogP contribution in [0.4, 0.5) is 11.4 Å². The van der Waals surface area contributed by atoms with E-state index in [1.807, 2.05) is 12.1 Å². The van der Waals surface area contributed by atoms with E-state index in [2.05, 4.69) is 19.2 Å². The first-order chi connectivity index (χ1) is 9.40. The Morgan fingerprint density at radius 2 is 2.00 bits per heavy atom. The van der Waals surface area contributed by atoms with Gasteiger partial charge in [-0.2, -0.15) is 0 Å². The van der Waals surface area contributed by atoms with Gasteiger partial charge in [0.1, 0.15) is 0 Å².